The van der Waals surface area contributed by atoms with E-state index < -0.39 is 22.0 Å². The van der Waals surface area contributed by atoms with Crippen molar-refractivity contribution in [1.29, 1.82) is 0 Å². The molecule has 2 aliphatic heterocycles. The van der Waals surface area contributed by atoms with E-state index in [1.165, 1.54) is 0 Å². The second kappa shape index (κ2) is 10.7. The molecule has 1 unspecified atom stereocenters. The van der Waals surface area contributed by atoms with Crippen LogP contribution < -0.4 is 0 Å². The number of esters is 1. The van der Waals surface area contributed by atoms with Gasteiger partial charge in [-0.2, -0.15) is 0 Å². The largest absolute Gasteiger partial charge is 0.456 e. The number of carbonyl (C=O) groups excluding carboxylic acids is 2. The normalized spacial score (nSPS) is 26.8. The summed E-state index contributed by atoms with van der Waals surface area (Å²) in [6, 6.07) is 8.96. The van der Waals surface area contributed by atoms with E-state index in [2.05, 4.69) is 6.58 Å². The topological polar surface area (TPSA) is 72.9 Å². The lowest BCUT2D eigenvalue weighted by molar-refractivity contribution is -0.158. The van der Waals surface area contributed by atoms with Gasteiger partial charge in [-0.05, 0) is 58.6 Å². The molecular weight excluding hydrogens is 438 g/mol. The summed E-state index contributed by atoms with van der Waals surface area (Å²) in [5, 5.41) is 1.67. The second-order valence-corrected chi connectivity index (χ2v) is 11.1. The third-order valence-corrected chi connectivity index (χ3v) is 7.36. The maximum atomic E-state index is 13.1. The number of allylic oxidation sites excluding steroid dienone is 1. The quantitative estimate of drug-likeness (QED) is 0.393. The molecule has 6 nitrogen and oxygen atoms in total. The first-order valence-corrected chi connectivity index (χ1v) is 12.8. The van der Waals surface area contributed by atoms with Crippen LogP contribution in [0.2, 0.25) is 0 Å². The van der Waals surface area contributed by atoms with Gasteiger partial charge in [-0.25, -0.2) is 9.00 Å². The van der Waals surface area contributed by atoms with Crippen molar-refractivity contribution in [3.8, 4) is 0 Å². The average molecular weight is 474 g/mol. The van der Waals surface area contributed by atoms with Crippen molar-refractivity contribution >= 4 is 22.9 Å². The number of benzene rings is 1. The lowest BCUT2D eigenvalue weighted by Crippen LogP contribution is -2.59. The molecule has 1 aromatic rings. The molecule has 0 aliphatic carbocycles. The third-order valence-electron chi connectivity index (χ3n) is 6.18. The fraction of sp³-hybridized carbons (Fsp3) is 0.538. The smallest absolute Gasteiger partial charge is 0.410 e. The van der Waals surface area contributed by atoms with Gasteiger partial charge in [0, 0.05) is 29.2 Å². The highest BCUT2D eigenvalue weighted by Crippen LogP contribution is 2.46. The van der Waals surface area contributed by atoms with Gasteiger partial charge in [0.05, 0.1) is 23.3 Å². The molecule has 2 aliphatic rings. The molecule has 4 atom stereocenters. The molecule has 7 heteroatoms. The van der Waals surface area contributed by atoms with Gasteiger partial charge in [0.15, 0.2) is 0 Å². The molecule has 0 saturated carbocycles. The molecule has 3 rings (SSSR count). The van der Waals surface area contributed by atoms with Crippen LogP contribution in [0.5, 0.6) is 0 Å². The van der Waals surface area contributed by atoms with Crippen LogP contribution in [0.3, 0.4) is 0 Å². The second-order valence-electron chi connectivity index (χ2n) is 9.73. The Balaban J connectivity index is 1.84. The lowest BCUT2D eigenvalue weighted by Gasteiger charge is -2.47. The zero-order chi connectivity index (χ0) is 24.1. The Bertz CT molecular complexity index is 907. The zero-order valence-electron chi connectivity index (χ0n) is 19.8. The summed E-state index contributed by atoms with van der Waals surface area (Å²) in [5.74, 6) is -0.422. The highest BCUT2D eigenvalue weighted by atomic mass is 32.2. The van der Waals surface area contributed by atoms with Gasteiger partial charge in [0.2, 0.25) is 0 Å². The van der Waals surface area contributed by atoms with Crippen LogP contribution in [0, 0.1) is 5.92 Å². The number of piperidine rings is 1. The Kier molecular flexibility index (Phi) is 8.16. The van der Waals surface area contributed by atoms with E-state index in [4.69, 9.17) is 9.47 Å². The van der Waals surface area contributed by atoms with E-state index in [1.807, 2.05) is 57.2 Å². The Hall–Kier alpha value is -2.41. The molecule has 0 N–H and O–H groups in total. The molecule has 1 amide bonds. The van der Waals surface area contributed by atoms with E-state index in [-0.39, 0.29) is 30.4 Å². The molecule has 0 aromatic heterocycles. The molecule has 0 radical (unpaired) electrons. The van der Waals surface area contributed by atoms with Gasteiger partial charge in [-0.3, -0.25) is 4.79 Å². The predicted molar refractivity (Wildman–Crippen MR) is 129 cm³/mol. The van der Waals surface area contributed by atoms with Gasteiger partial charge in [-0.1, -0.05) is 30.4 Å². The summed E-state index contributed by atoms with van der Waals surface area (Å²) in [6.45, 7) is 10.0. The van der Waals surface area contributed by atoms with Crippen LogP contribution in [0.15, 0.2) is 59.4 Å². The van der Waals surface area contributed by atoms with Crippen molar-refractivity contribution in [1.82, 2.24) is 4.90 Å². The van der Waals surface area contributed by atoms with E-state index in [1.54, 1.807) is 16.4 Å². The van der Waals surface area contributed by atoms with Gasteiger partial charge >= 0.3 is 12.1 Å². The first kappa shape index (κ1) is 25.2. The molecule has 1 aromatic carbocycles. The molecule has 33 heavy (non-hydrogen) atoms. The molecule has 180 valence electrons. The molecule has 2 saturated heterocycles. The number of nitrogens with zero attached hydrogens (tertiary/aromatic N) is 1. The number of ether oxygens (including phenoxy) is 2. The minimum atomic E-state index is -1.26. The maximum absolute atomic E-state index is 13.1. The zero-order valence-corrected chi connectivity index (χ0v) is 20.6. The van der Waals surface area contributed by atoms with Crippen molar-refractivity contribution < 1.29 is 23.3 Å². The number of rotatable bonds is 7. The van der Waals surface area contributed by atoms with Crippen LogP contribution in [-0.4, -0.2) is 45.0 Å². The molecule has 0 bridgehead atoms. The van der Waals surface area contributed by atoms with Crippen LogP contribution in [0.1, 0.15) is 59.3 Å². The van der Waals surface area contributed by atoms with Crippen LogP contribution in [0.25, 0.3) is 0 Å². The number of amides is 1. The van der Waals surface area contributed by atoms with Crippen LogP contribution in [-0.2, 0) is 25.1 Å². The Labute approximate surface area is 199 Å². The lowest BCUT2D eigenvalue weighted by atomic mass is 9.73. The molecule has 0 spiro atoms. The van der Waals surface area contributed by atoms with Gasteiger partial charge < -0.3 is 14.4 Å². The number of carbonyl (C=O) groups is 2. The third kappa shape index (κ3) is 6.14. The fourth-order valence-electron chi connectivity index (χ4n) is 4.82. The first-order valence-electron chi connectivity index (χ1n) is 11.6. The van der Waals surface area contributed by atoms with Crippen molar-refractivity contribution in [2.24, 2.45) is 5.92 Å². The number of hydrogen-bond donors (Lipinski definition) is 0. The SMILES string of the molecule is C=CC[C@]1([C@H]2CCCCN2C(=O)OC(C)(C)C)OC(=O)C[C@@H]1C/C=C/S(=O)c1ccccc1. The highest BCUT2D eigenvalue weighted by molar-refractivity contribution is 7.88. The van der Waals surface area contributed by atoms with Crippen LogP contribution >= 0.6 is 0 Å². The fourth-order valence-corrected chi connectivity index (χ4v) is 5.69. The Morgan fingerprint density at radius 2 is 2.03 bits per heavy atom. The van der Waals surface area contributed by atoms with E-state index in [0.29, 0.717) is 19.4 Å². The molecular formula is C26H35NO5S. The number of cyclic esters (lactones) is 1. The van der Waals surface area contributed by atoms with E-state index in [9.17, 15) is 13.8 Å². The highest BCUT2D eigenvalue weighted by Gasteiger charge is 2.56. The maximum Gasteiger partial charge on any atom is 0.410 e. The van der Waals surface area contributed by atoms with Crippen molar-refractivity contribution in [3.05, 3.63) is 54.5 Å². The van der Waals surface area contributed by atoms with Crippen molar-refractivity contribution in [2.75, 3.05) is 6.54 Å². The minimum absolute atomic E-state index is 0.153. The van der Waals surface area contributed by atoms with Gasteiger partial charge in [0.25, 0.3) is 0 Å². The summed E-state index contributed by atoms with van der Waals surface area (Å²) in [4.78, 5) is 28.1. The summed E-state index contributed by atoms with van der Waals surface area (Å²) in [7, 11) is -1.26. The van der Waals surface area contributed by atoms with E-state index >= 15 is 0 Å². The first-order chi connectivity index (χ1) is 15.7. The predicted octanol–water partition coefficient (Wildman–Crippen LogP) is 5.37. The minimum Gasteiger partial charge on any atom is -0.456 e. The standard InChI is InChI=1S/C26H35NO5S/c1-5-16-26(22-15-9-10-17-27(22)24(29)32-25(2,3)4)20(19-23(28)31-26)12-11-18-33(30)21-13-7-6-8-14-21/h5-8,11,13-14,18,20,22H,1,9-10,12,15-17,19H2,2-4H3/b18-11+/t20-,22+,26-,33?/m0/s1. The molecule has 2 heterocycles. The van der Waals surface area contributed by atoms with Gasteiger partial charge in [-0.15, -0.1) is 6.58 Å². The van der Waals surface area contributed by atoms with Crippen molar-refractivity contribution in [2.45, 2.75) is 81.4 Å². The van der Waals surface area contributed by atoms with Crippen LogP contribution in [0.4, 0.5) is 4.79 Å². The van der Waals surface area contributed by atoms with Crippen molar-refractivity contribution in [3.63, 3.8) is 0 Å². The Morgan fingerprint density at radius 1 is 1.30 bits per heavy atom. The summed E-state index contributed by atoms with van der Waals surface area (Å²) >= 11 is 0. The van der Waals surface area contributed by atoms with Gasteiger partial charge in [0.1, 0.15) is 11.2 Å². The summed E-state index contributed by atoms with van der Waals surface area (Å²) in [5.41, 5.74) is -1.48. The monoisotopic (exact) mass is 473 g/mol. The molecule has 2 fully saturated rings. The summed E-state index contributed by atoms with van der Waals surface area (Å²) < 4.78 is 24.3. The summed E-state index contributed by atoms with van der Waals surface area (Å²) in [6.07, 6.45) is 7.05. The number of hydrogen-bond acceptors (Lipinski definition) is 5. The average Bonchev–Trinajstić information content (AvgIpc) is 3.09. The van der Waals surface area contributed by atoms with E-state index in [0.717, 1.165) is 24.2 Å². The Morgan fingerprint density at radius 3 is 2.70 bits per heavy atom. The number of likely N-dealkylation sites (tertiary alicyclic amines) is 1.